The molecule has 1 heterocycles. The van der Waals surface area contributed by atoms with Gasteiger partial charge in [0.25, 0.3) is 0 Å². The van der Waals surface area contributed by atoms with E-state index in [2.05, 4.69) is 25.8 Å². The van der Waals surface area contributed by atoms with Crippen molar-refractivity contribution in [1.82, 2.24) is 9.88 Å². The lowest BCUT2D eigenvalue weighted by Crippen LogP contribution is -2.19. The molecule has 1 rings (SSSR count). The number of nitrogens with zero attached hydrogens (tertiary/aromatic N) is 2. The standard InChI is InChI=1S/C10H15BrN2O/c1-8-10(6-9(11)7-12-8)14-5-4-13(2)3/h6-7H,4-5H2,1-3H3. The van der Waals surface area contributed by atoms with Crippen LogP contribution in [-0.2, 0) is 0 Å². The number of rotatable bonds is 4. The van der Waals surface area contributed by atoms with Gasteiger partial charge in [0.15, 0.2) is 0 Å². The number of halogens is 1. The van der Waals surface area contributed by atoms with Crippen LogP contribution in [0.2, 0.25) is 0 Å². The summed E-state index contributed by atoms with van der Waals surface area (Å²) in [6, 6.07) is 1.94. The van der Waals surface area contributed by atoms with Crippen molar-refractivity contribution < 1.29 is 4.74 Å². The van der Waals surface area contributed by atoms with Crippen LogP contribution in [-0.4, -0.2) is 37.1 Å². The second-order valence-electron chi connectivity index (χ2n) is 3.39. The van der Waals surface area contributed by atoms with E-state index in [1.54, 1.807) is 6.20 Å². The van der Waals surface area contributed by atoms with E-state index in [0.717, 1.165) is 22.5 Å². The summed E-state index contributed by atoms with van der Waals surface area (Å²) in [5, 5.41) is 0. The minimum absolute atomic E-state index is 0.686. The van der Waals surface area contributed by atoms with Gasteiger partial charge in [0.2, 0.25) is 0 Å². The molecule has 0 amide bonds. The van der Waals surface area contributed by atoms with Crippen LogP contribution in [0.15, 0.2) is 16.7 Å². The predicted molar refractivity (Wildman–Crippen MR) is 60.7 cm³/mol. The zero-order valence-electron chi connectivity index (χ0n) is 8.75. The summed E-state index contributed by atoms with van der Waals surface area (Å²) in [5.74, 6) is 0.848. The molecule has 1 aromatic heterocycles. The molecule has 0 atom stereocenters. The summed E-state index contributed by atoms with van der Waals surface area (Å²) in [5.41, 5.74) is 0.923. The summed E-state index contributed by atoms with van der Waals surface area (Å²) in [7, 11) is 4.05. The summed E-state index contributed by atoms with van der Waals surface area (Å²) < 4.78 is 6.54. The molecular formula is C10H15BrN2O. The average molecular weight is 259 g/mol. The molecule has 78 valence electrons. The van der Waals surface area contributed by atoms with E-state index in [-0.39, 0.29) is 0 Å². The third-order valence-corrected chi connectivity index (χ3v) is 2.24. The third-order valence-electron chi connectivity index (χ3n) is 1.80. The van der Waals surface area contributed by atoms with E-state index in [9.17, 15) is 0 Å². The van der Waals surface area contributed by atoms with Gasteiger partial charge in [-0.15, -0.1) is 0 Å². The molecule has 14 heavy (non-hydrogen) atoms. The number of ether oxygens (including phenoxy) is 1. The van der Waals surface area contributed by atoms with Gasteiger partial charge in [-0.2, -0.15) is 0 Å². The van der Waals surface area contributed by atoms with Gasteiger partial charge in [-0.25, -0.2) is 0 Å². The molecule has 0 aliphatic rings. The first-order valence-electron chi connectivity index (χ1n) is 4.49. The molecule has 3 nitrogen and oxygen atoms in total. The highest BCUT2D eigenvalue weighted by Crippen LogP contribution is 2.20. The fourth-order valence-electron chi connectivity index (χ4n) is 0.973. The molecule has 0 fully saturated rings. The Morgan fingerprint density at radius 2 is 2.21 bits per heavy atom. The van der Waals surface area contributed by atoms with E-state index in [4.69, 9.17) is 4.74 Å². The Hall–Kier alpha value is -0.610. The van der Waals surface area contributed by atoms with Gasteiger partial charge in [-0.05, 0) is 43.0 Å². The van der Waals surface area contributed by atoms with E-state index in [1.165, 1.54) is 0 Å². The number of aryl methyl sites for hydroxylation is 1. The van der Waals surface area contributed by atoms with Crippen molar-refractivity contribution in [2.75, 3.05) is 27.2 Å². The van der Waals surface area contributed by atoms with Gasteiger partial charge >= 0.3 is 0 Å². The largest absolute Gasteiger partial charge is 0.490 e. The first-order chi connectivity index (χ1) is 6.59. The van der Waals surface area contributed by atoms with Crippen molar-refractivity contribution in [3.8, 4) is 5.75 Å². The number of likely N-dealkylation sites (N-methyl/N-ethyl adjacent to an activating group) is 1. The number of hydrogen-bond donors (Lipinski definition) is 0. The first kappa shape index (κ1) is 11.5. The molecule has 4 heteroatoms. The normalized spacial score (nSPS) is 10.6. The van der Waals surface area contributed by atoms with E-state index in [0.29, 0.717) is 6.61 Å². The van der Waals surface area contributed by atoms with Gasteiger partial charge in [0.05, 0.1) is 5.69 Å². The van der Waals surface area contributed by atoms with Crippen LogP contribution in [0.25, 0.3) is 0 Å². The number of aromatic nitrogens is 1. The van der Waals surface area contributed by atoms with Crippen molar-refractivity contribution >= 4 is 15.9 Å². The second kappa shape index (κ2) is 5.32. The smallest absolute Gasteiger partial charge is 0.141 e. The monoisotopic (exact) mass is 258 g/mol. The van der Waals surface area contributed by atoms with Crippen LogP contribution in [0.3, 0.4) is 0 Å². The molecule has 0 saturated heterocycles. The molecule has 0 aromatic carbocycles. The molecule has 0 bridgehead atoms. The number of pyridine rings is 1. The zero-order chi connectivity index (χ0) is 10.6. The number of hydrogen-bond acceptors (Lipinski definition) is 3. The lowest BCUT2D eigenvalue weighted by atomic mass is 10.3. The Labute approximate surface area is 93.2 Å². The Balaban J connectivity index is 2.53. The van der Waals surface area contributed by atoms with Crippen molar-refractivity contribution in [2.24, 2.45) is 0 Å². The minimum atomic E-state index is 0.686. The van der Waals surface area contributed by atoms with Crippen LogP contribution >= 0.6 is 15.9 Å². The summed E-state index contributed by atoms with van der Waals surface area (Å²) in [4.78, 5) is 6.28. The molecule has 0 spiro atoms. The Morgan fingerprint density at radius 3 is 2.86 bits per heavy atom. The van der Waals surface area contributed by atoms with Crippen LogP contribution in [0.5, 0.6) is 5.75 Å². The Kier molecular flexibility index (Phi) is 4.35. The van der Waals surface area contributed by atoms with Crippen molar-refractivity contribution in [1.29, 1.82) is 0 Å². The maximum absolute atomic E-state index is 5.59. The van der Waals surface area contributed by atoms with Gasteiger partial charge < -0.3 is 9.64 Å². The van der Waals surface area contributed by atoms with Crippen LogP contribution in [0, 0.1) is 6.92 Å². The van der Waals surface area contributed by atoms with Crippen LogP contribution < -0.4 is 4.74 Å². The summed E-state index contributed by atoms with van der Waals surface area (Å²) >= 11 is 3.36. The summed E-state index contributed by atoms with van der Waals surface area (Å²) in [6.07, 6.45) is 1.77. The van der Waals surface area contributed by atoms with Crippen molar-refractivity contribution in [3.63, 3.8) is 0 Å². The van der Waals surface area contributed by atoms with Gasteiger partial charge in [-0.1, -0.05) is 0 Å². The van der Waals surface area contributed by atoms with Crippen LogP contribution in [0.4, 0.5) is 0 Å². The van der Waals surface area contributed by atoms with Gasteiger partial charge in [0, 0.05) is 17.2 Å². The Morgan fingerprint density at radius 1 is 1.50 bits per heavy atom. The van der Waals surface area contributed by atoms with E-state index in [1.807, 2.05) is 27.1 Å². The fraction of sp³-hybridized carbons (Fsp3) is 0.500. The first-order valence-corrected chi connectivity index (χ1v) is 5.28. The molecular weight excluding hydrogens is 244 g/mol. The molecule has 1 aromatic rings. The highest BCUT2D eigenvalue weighted by molar-refractivity contribution is 9.10. The minimum Gasteiger partial charge on any atom is -0.490 e. The van der Waals surface area contributed by atoms with E-state index >= 15 is 0 Å². The quantitative estimate of drug-likeness (QED) is 0.827. The van der Waals surface area contributed by atoms with Crippen LogP contribution in [0.1, 0.15) is 5.69 Å². The lowest BCUT2D eigenvalue weighted by Gasteiger charge is -2.12. The molecule has 0 radical (unpaired) electrons. The molecule has 0 aliphatic heterocycles. The van der Waals surface area contributed by atoms with Gasteiger partial charge in [-0.3, -0.25) is 4.98 Å². The highest BCUT2D eigenvalue weighted by Gasteiger charge is 2.01. The molecule has 0 aliphatic carbocycles. The zero-order valence-corrected chi connectivity index (χ0v) is 10.3. The van der Waals surface area contributed by atoms with Crippen molar-refractivity contribution in [2.45, 2.75) is 6.92 Å². The maximum atomic E-state index is 5.59. The maximum Gasteiger partial charge on any atom is 0.141 e. The summed E-state index contributed by atoms with van der Waals surface area (Å²) in [6.45, 7) is 3.54. The third kappa shape index (κ3) is 3.64. The topological polar surface area (TPSA) is 25.4 Å². The van der Waals surface area contributed by atoms with Crippen molar-refractivity contribution in [3.05, 3.63) is 22.4 Å². The lowest BCUT2D eigenvalue weighted by molar-refractivity contribution is 0.259. The second-order valence-corrected chi connectivity index (χ2v) is 4.30. The molecule has 0 unspecified atom stereocenters. The SMILES string of the molecule is Cc1ncc(Br)cc1OCCN(C)C. The Bertz CT molecular complexity index is 302. The van der Waals surface area contributed by atoms with Gasteiger partial charge in [0.1, 0.15) is 12.4 Å². The average Bonchev–Trinajstić information content (AvgIpc) is 2.10. The molecule has 0 N–H and O–H groups in total. The van der Waals surface area contributed by atoms with E-state index < -0.39 is 0 Å². The predicted octanol–water partition coefficient (Wildman–Crippen LogP) is 2.09. The highest BCUT2D eigenvalue weighted by atomic mass is 79.9. The molecule has 0 saturated carbocycles. The fourth-order valence-corrected chi connectivity index (χ4v) is 1.28.